The SMILES string of the molecule is Cc1cnc(CN=C(N)NC2CC2)s1.I. The van der Waals surface area contributed by atoms with Gasteiger partial charge in [-0.1, -0.05) is 0 Å². The van der Waals surface area contributed by atoms with Crippen molar-refractivity contribution in [1.82, 2.24) is 10.3 Å². The van der Waals surface area contributed by atoms with Crippen LogP contribution in [0.5, 0.6) is 0 Å². The van der Waals surface area contributed by atoms with Crippen molar-refractivity contribution in [2.24, 2.45) is 10.7 Å². The number of aromatic nitrogens is 1. The first kappa shape index (κ1) is 12.7. The summed E-state index contributed by atoms with van der Waals surface area (Å²) in [5, 5.41) is 4.15. The Morgan fingerprint density at radius 1 is 1.73 bits per heavy atom. The van der Waals surface area contributed by atoms with Gasteiger partial charge in [-0.25, -0.2) is 9.98 Å². The number of aryl methyl sites for hydroxylation is 1. The monoisotopic (exact) mass is 338 g/mol. The molecular weight excluding hydrogens is 323 g/mol. The quantitative estimate of drug-likeness (QED) is 0.500. The summed E-state index contributed by atoms with van der Waals surface area (Å²) in [5.74, 6) is 0.542. The molecule has 1 aliphatic carbocycles. The largest absolute Gasteiger partial charge is 0.370 e. The maximum atomic E-state index is 5.69. The van der Waals surface area contributed by atoms with Crippen molar-refractivity contribution in [2.75, 3.05) is 0 Å². The second-order valence-corrected chi connectivity index (χ2v) is 4.80. The Kier molecular flexibility index (Phi) is 4.78. The third-order valence-corrected chi connectivity index (χ3v) is 2.88. The Morgan fingerprint density at radius 2 is 2.47 bits per heavy atom. The van der Waals surface area contributed by atoms with E-state index in [0.717, 1.165) is 5.01 Å². The number of thiazole rings is 1. The van der Waals surface area contributed by atoms with E-state index >= 15 is 0 Å². The predicted octanol–water partition coefficient (Wildman–Crippen LogP) is 1.64. The number of hydrogen-bond acceptors (Lipinski definition) is 3. The summed E-state index contributed by atoms with van der Waals surface area (Å²) in [4.78, 5) is 9.64. The lowest BCUT2D eigenvalue weighted by molar-refractivity contribution is 0.877. The molecule has 0 aromatic carbocycles. The highest BCUT2D eigenvalue weighted by Gasteiger charge is 2.21. The molecule has 84 valence electrons. The topological polar surface area (TPSA) is 63.3 Å². The van der Waals surface area contributed by atoms with Crippen LogP contribution in [-0.4, -0.2) is 17.0 Å². The van der Waals surface area contributed by atoms with Gasteiger partial charge in [-0.2, -0.15) is 0 Å². The van der Waals surface area contributed by atoms with Crippen LogP contribution >= 0.6 is 35.3 Å². The van der Waals surface area contributed by atoms with Crippen LogP contribution in [0.2, 0.25) is 0 Å². The van der Waals surface area contributed by atoms with Crippen LogP contribution in [0.1, 0.15) is 22.7 Å². The predicted molar refractivity (Wildman–Crippen MR) is 73.8 cm³/mol. The van der Waals surface area contributed by atoms with Crippen LogP contribution in [0.4, 0.5) is 0 Å². The third-order valence-electron chi connectivity index (χ3n) is 1.98. The van der Waals surface area contributed by atoms with Crippen LogP contribution in [-0.2, 0) is 6.54 Å². The van der Waals surface area contributed by atoms with E-state index in [1.807, 2.05) is 13.1 Å². The standard InChI is InChI=1S/C9H14N4S.HI/c1-6-4-11-8(14-6)5-12-9(10)13-7-2-3-7;/h4,7H,2-3,5H2,1H3,(H3,10,12,13);1H. The van der Waals surface area contributed by atoms with E-state index in [1.54, 1.807) is 11.3 Å². The average Bonchev–Trinajstić information content (AvgIpc) is 2.85. The summed E-state index contributed by atoms with van der Waals surface area (Å²) in [6.07, 6.45) is 4.29. The van der Waals surface area contributed by atoms with Gasteiger partial charge in [-0.05, 0) is 19.8 Å². The molecule has 0 saturated heterocycles. The van der Waals surface area contributed by atoms with E-state index in [9.17, 15) is 0 Å². The normalized spacial score (nSPS) is 15.9. The van der Waals surface area contributed by atoms with Gasteiger partial charge in [0.1, 0.15) is 5.01 Å². The van der Waals surface area contributed by atoms with Crippen LogP contribution in [0, 0.1) is 6.92 Å². The molecule has 1 aromatic rings. The van der Waals surface area contributed by atoms with Gasteiger partial charge in [0.2, 0.25) is 0 Å². The fourth-order valence-electron chi connectivity index (χ4n) is 1.11. The second-order valence-electron chi connectivity index (χ2n) is 3.48. The molecule has 1 fully saturated rings. The highest BCUT2D eigenvalue weighted by atomic mass is 127. The Balaban J connectivity index is 0.00000112. The number of aliphatic imine (C=N–C) groups is 1. The summed E-state index contributed by atoms with van der Waals surface area (Å²) in [5.41, 5.74) is 5.69. The van der Waals surface area contributed by atoms with Crippen LogP contribution in [0.15, 0.2) is 11.2 Å². The van der Waals surface area contributed by atoms with Crippen molar-refractivity contribution in [3.05, 3.63) is 16.1 Å². The smallest absolute Gasteiger partial charge is 0.189 e. The van der Waals surface area contributed by atoms with E-state index in [-0.39, 0.29) is 24.0 Å². The third kappa shape index (κ3) is 4.33. The van der Waals surface area contributed by atoms with Gasteiger partial charge in [-0.3, -0.25) is 0 Å². The van der Waals surface area contributed by atoms with E-state index in [4.69, 9.17) is 5.73 Å². The molecule has 6 heteroatoms. The molecule has 0 bridgehead atoms. The lowest BCUT2D eigenvalue weighted by Gasteiger charge is -2.01. The van der Waals surface area contributed by atoms with E-state index < -0.39 is 0 Å². The van der Waals surface area contributed by atoms with Crippen molar-refractivity contribution in [3.63, 3.8) is 0 Å². The molecule has 0 spiro atoms. The lowest BCUT2D eigenvalue weighted by atomic mass is 10.6. The fraction of sp³-hybridized carbons (Fsp3) is 0.556. The van der Waals surface area contributed by atoms with Crippen molar-refractivity contribution < 1.29 is 0 Å². The fourth-order valence-corrected chi connectivity index (χ4v) is 1.82. The van der Waals surface area contributed by atoms with E-state index in [2.05, 4.69) is 15.3 Å². The first-order valence-corrected chi connectivity index (χ1v) is 5.53. The maximum Gasteiger partial charge on any atom is 0.189 e. The zero-order valence-corrected chi connectivity index (χ0v) is 11.7. The summed E-state index contributed by atoms with van der Waals surface area (Å²) in [6, 6.07) is 0.566. The Morgan fingerprint density at radius 3 is 3.00 bits per heavy atom. The number of nitrogens with two attached hydrogens (primary N) is 1. The molecule has 0 atom stereocenters. The van der Waals surface area contributed by atoms with Gasteiger partial charge >= 0.3 is 0 Å². The second kappa shape index (κ2) is 5.64. The number of nitrogens with zero attached hydrogens (tertiary/aromatic N) is 2. The Bertz CT molecular complexity index is 346. The minimum absolute atomic E-state index is 0. The first-order valence-electron chi connectivity index (χ1n) is 4.72. The van der Waals surface area contributed by atoms with Crippen molar-refractivity contribution in [3.8, 4) is 0 Å². The molecule has 1 aromatic heterocycles. The van der Waals surface area contributed by atoms with Gasteiger partial charge in [0.15, 0.2) is 5.96 Å². The van der Waals surface area contributed by atoms with Crippen molar-refractivity contribution >= 4 is 41.3 Å². The summed E-state index contributed by atoms with van der Waals surface area (Å²) in [7, 11) is 0. The molecular formula is C9H15IN4S. The van der Waals surface area contributed by atoms with E-state index in [0.29, 0.717) is 18.5 Å². The first-order chi connectivity index (χ1) is 6.74. The van der Waals surface area contributed by atoms with Crippen molar-refractivity contribution in [1.29, 1.82) is 0 Å². The molecule has 1 heterocycles. The molecule has 0 amide bonds. The molecule has 15 heavy (non-hydrogen) atoms. The molecule has 0 radical (unpaired) electrons. The Hall–Kier alpha value is -0.370. The Labute approximate surface area is 110 Å². The molecule has 2 rings (SSSR count). The number of rotatable bonds is 3. The van der Waals surface area contributed by atoms with Crippen LogP contribution < -0.4 is 11.1 Å². The van der Waals surface area contributed by atoms with Gasteiger partial charge in [0.25, 0.3) is 0 Å². The van der Waals surface area contributed by atoms with Crippen LogP contribution in [0.25, 0.3) is 0 Å². The highest BCUT2D eigenvalue weighted by molar-refractivity contribution is 14.0. The highest BCUT2D eigenvalue weighted by Crippen LogP contribution is 2.18. The molecule has 4 nitrogen and oxygen atoms in total. The number of hydrogen-bond donors (Lipinski definition) is 2. The molecule has 0 aliphatic heterocycles. The summed E-state index contributed by atoms with van der Waals surface area (Å²) >= 11 is 1.66. The van der Waals surface area contributed by atoms with Gasteiger partial charge in [0, 0.05) is 17.1 Å². The number of guanidine groups is 1. The average molecular weight is 338 g/mol. The number of halogens is 1. The molecule has 0 unspecified atom stereocenters. The molecule has 3 N–H and O–H groups in total. The minimum Gasteiger partial charge on any atom is -0.370 e. The number of nitrogens with one attached hydrogen (secondary N) is 1. The zero-order chi connectivity index (χ0) is 9.97. The van der Waals surface area contributed by atoms with Gasteiger partial charge in [0.05, 0.1) is 6.54 Å². The van der Waals surface area contributed by atoms with E-state index in [1.165, 1.54) is 17.7 Å². The molecule has 1 aliphatic rings. The summed E-state index contributed by atoms with van der Waals surface area (Å²) < 4.78 is 0. The molecule has 1 saturated carbocycles. The minimum atomic E-state index is 0. The van der Waals surface area contributed by atoms with Gasteiger partial charge < -0.3 is 11.1 Å². The lowest BCUT2D eigenvalue weighted by Crippen LogP contribution is -2.33. The zero-order valence-electron chi connectivity index (χ0n) is 8.56. The van der Waals surface area contributed by atoms with Gasteiger partial charge in [-0.15, -0.1) is 35.3 Å². The summed E-state index contributed by atoms with van der Waals surface area (Å²) in [6.45, 7) is 2.63. The van der Waals surface area contributed by atoms with Crippen LogP contribution in [0.3, 0.4) is 0 Å². The van der Waals surface area contributed by atoms with Crippen molar-refractivity contribution in [2.45, 2.75) is 32.4 Å². The maximum absolute atomic E-state index is 5.69.